The van der Waals surface area contributed by atoms with Gasteiger partial charge in [0.1, 0.15) is 0 Å². The highest BCUT2D eigenvalue weighted by Crippen LogP contribution is 2.27. The Kier molecular flexibility index (Phi) is 4.67. The Morgan fingerprint density at radius 3 is 2.95 bits per heavy atom. The maximum Gasteiger partial charge on any atom is 0.0399 e. The number of thioether (sulfide) groups is 1. The molecule has 0 radical (unpaired) electrons. The third kappa shape index (κ3) is 3.46. The van der Waals surface area contributed by atoms with Crippen molar-refractivity contribution in [2.75, 3.05) is 36.0 Å². The van der Waals surface area contributed by atoms with Crippen LogP contribution in [-0.2, 0) is 6.42 Å². The third-order valence-corrected chi connectivity index (χ3v) is 5.29. The summed E-state index contributed by atoms with van der Waals surface area (Å²) in [7, 11) is 0. The highest BCUT2D eigenvalue weighted by molar-refractivity contribution is 7.99. The standard InChI is InChI=1S/C16H24N2S/c1-2-5-16-14(4-1)6-11-18(16)10-3-9-17-15-7-12-19-13-8-15/h1-2,4-5,15,17H,3,6-13H2. The number of anilines is 1. The van der Waals surface area contributed by atoms with Gasteiger partial charge in [0, 0.05) is 24.8 Å². The summed E-state index contributed by atoms with van der Waals surface area (Å²) in [4.78, 5) is 2.55. The van der Waals surface area contributed by atoms with Crippen molar-refractivity contribution in [3.8, 4) is 0 Å². The van der Waals surface area contributed by atoms with Crippen molar-refractivity contribution < 1.29 is 0 Å². The van der Waals surface area contributed by atoms with Gasteiger partial charge in [0.15, 0.2) is 0 Å². The van der Waals surface area contributed by atoms with Gasteiger partial charge in [-0.2, -0.15) is 11.8 Å². The molecule has 3 rings (SSSR count). The van der Waals surface area contributed by atoms with Crippen LogP contribution in [0.5, 0.6) is 0 Å². The molecule has 1 aromatic carbocycles. The second-order valence-electron chi connectivity index (χ2n) is 5.56. The summed E-state index contributed by atoms with van der Waals surface area (Å²) in [5, 5.41) is 3.73. The normalized spacial score (nSPS) is 19.7. The van der Waals surface area contributed by atoms with Gasteiger partial charge in [-0.1, -0.05) is 18.2 Å². The fourth-order valence-electron chi connectivity index (χ4n) is 3.12. The molecule has 0 aromatic heterocycles. The minimum atomic E-state index is 0.784. The van der Waals surface area contributed by atoms with E-state index in [1.54, 1.807) is 0 Å². The predicted octanol–water partition coefficient (Wildman–Crippen LogP) is 2.92. The summed E-state index contributed by atoms with van der Waals surface area (Å²) in [6.07, 6.45) is 5.20. The molecule has 1 N–H and O–H groups in total. The Morgan fingerprint density at radius 2 is 2.05 bits per heavy atom. The Balaban J connectivity index is 1.39. The van der Waals surface area contributed by atoms with E-state index in [1.165, 1.54) is 68.1 Å². The zero-order valence-corrected chi connectivity index (χ0v) is 12.4. The molecule has 1 saturated heterocycles. The van der Waals surface area contributed by atoms with Crippen molar-refractivity contribution in [3.05, 3.63) is 29.8 Å². The molecule has 3 heteroatoms. The number of nitrogens with one attached hydrogen (secondary N) is 1. The van der Waals surface area contributed by atoms with Gasteiger partial charge in [-0.25, -0.2) is 0 Å². The van der Waals surface area contributed by atoms with Crippen LogP contribution in [0.1, 0.15) is 24.8 Å². The van der Waals surface area contributed by atoms with Gasteiger partial charge >= 0.3 is 0 Å². The molecular weight excluding hydrogens is 252 g/mol. The number of para-hydroxylation sites is 1. The minimum absolute atomic E-state index is 0.784. The van der Waals surface area contributed by atoms with E-state index in [1.807, 2.05) is 0 Å². The van der Waals surface area contributed by atoms with Crippen LogP contribution in [-0.4, -0.2) is 37.2 Å². The monoisotopic (exact) mass is 276 g/mol. The average Bonchev–Trinajstić information content (AvgIpc) is 2.88. The van der Waals surface area contributed by atoms with E-state index in [2.05, 4.69) is 46.2 Å². The fourth-order valence-corrected chi connectivity index (χ4v) is 4.22. The summed E-state index contributed by atoms with van der Waals surface area (Å²) in [6.45, 7) is 3.58. The van der Waals surface area contributed by atoms with E-state index in [0.717, 1.165) is 6.04 Å². The van der Waals surface area contributed by atoms with Gasteiger partial charge in [-0.3, -0.25) is 0 Å². The quantitative estimate of drug-likeness (QED) is 0.833. The average molecular weight is 276 g/mol. The van der Waals surface area contributed by atoms with Gasteiger partial charge in [0.2, 0.25) is 0 Å². The molecule has 0 atom stereocenters. The maximum atomic E-state index is 3.73. The molecule has 0 unspecified atom stereocenters. The number of nitrogens with zero attached hydrogens (tertiary/aromatic N) is 1. The van der Waals surface area contributed by atoms with Crippen molar-refractivity contribution in [3.63, 3.8) is 0 Å². The molecule has 0 amide bonds. The topological polar surface area (TPSA) is 15.3 Å². The lowest BCUT2D eigenvalue weighted by Crippen LogP contribution is -2.34. The number of hydrogen-bond donors (Lipinski definition) is 1. The second-order valence-corrected chi connectivity index (χ2v) is 6.78. The van der Waals surface area contributed by atoms with Crippen molar-refractivity contribution in [2.45, 2.75) is 31.7 Å². The zero-order valence-electron chi connectivity index (χ0n) is 11.6. The van der Waals surface area contributed by atoms with E-state index < -0.39 is 0 Å². The lowest BCUT2D eigenvalue weighted by Gasteiger charge is -2.24. The molecule has 0 spiro atoms. The van der Waals surface area contributed by atoms with E-state index in [0.29, 0.717) is 0 Å². The molecule has 104 valence electrons. The van der Waals surface area contributed by atoms with Gasteiger partial charge < -0.3 is 10.2 Å². The molecule has 2 nitrogen and oxygen atoms in total. The minimum Gasteiger partial charge on any atom is -0.371 e. The van der Waals surface area contributed by atoms with Crippen LogP contribution in [0.3, 0.4) is 0 Å². The Morgan fingerprint density at radius 1 is 1.21 bits per heavy atom. The summed E-state index contributed by atoms with van der Waals surface area (Å²) >= 11 is 2.10. The van der Waals surface area contributed by atoms with Crippen molar-refractivity contribution in [2.24, 2.45) is 0 Å². The molecule has 2 aliphatic rings. The summed E-state index contributed by atoms with van der Waals surface area (Å²) in [5.41, 5.74) is 3.00. The first-order valence-corrected chi connectivity index (χ1v) is 8.73. The Hall–Kier alpha value is -0.670. The summed E-state index contributed by atoms with van der Waals surface area (Å²) in [5.74, 6) is 2.69. The van der Waals surface area contributed by atoms with Gasteiger partial charge in [0.25, 0.3) is 0 Å². The van der Waals surface area contributed by atoms with E-state index in [9.17, 15) is 0 Å². The maximum absolute atomic E-state index is 3.73. The fraction of sp³-hybridized carbons (Fsp3) is 0.625. The Bertz CT molecular complexity index is 401. The van der Waals surface area contributed by atoms with Crippen LogP contribution in [0, 0.1) is 0 Å². The van der Waals surface area contributed by atoms with Gasteiger partial charge in [-0.15, -0.1) is 0 Å². The Labute approximate surface area is 121 Å². The van der Waals surface area contributed by atoms with Crippen LogP contribution >= 0.6 is 11.8 Å². The van der Waals surface area contributed by atoms with Crippen LogP contribution in [0.15, 0.2) is 24.3 Å². The zero-order chi connectivity index (χ0) is 12.9. The van der Waals surface area contributed by atoms with Crippen LogP contribution < -0.4 is 10.2 Å². The van der Waals surface area contributed by atoms with Crippen molar-refractivity contribution in [1.82, 2.24) is 5.32 Å². The SMILES string of the molecule is c1ccc2c(c1)CCN2CCCNC1CCSCC1. The van der Waals surface area contributed by atoms with Gasteiger partial charge in [-0.05, 0) is 55.4 Å². The highest BCUT2D eigenvalue weighted by atomic mass is 32.2. The van der Waals surface area contributed by atoms with Crippen molar-refractivity contribution in [1.29, 1.82) is 0 Å². The van der Waals surface area contributed by atoms with E-state index in [4.69, 9.17) is 0 Å². The molecule has 1 aromatic rings. The van der Waals surface area contributed by atoms with Crippen LogP contribution in [0.25, 0.3) is 0 Å². The smallest absolute Gasteiger partial charge is 0.0399 e. The lowest BCUT2D eigenvalue weighted by molar-refractivity contribution is 0.477. The van der Waals surface area contributed by atoms with E-state index >= 15 is 0 Å². The first-order valence-electron chi connectivity index (χ1n) is 7.57. The largest absolute Gasteiger partial charge is 0.371 e. The van der Waals surface area contributed by atoms with Crippen LogP contribution in [0.2, 0.25) is 0 Å². The highest BCUT2D eigenvalue weighted by Gasteiger charge is 2.17. The first-order chi connectivity index (χ1) is 9.43. The molecule has 2 aliphatic heterocycles. The number of fused-ring (bicyclic) bond motifs is 1. The molecule has 0 aliphatic carbocycles. The summed E-state index contributed by atoms with van der Waals surface area (Å²) < 4.78 is 0. The molecule has 19 heavy (non-hydrogen) atoms. The molecular formula is C16H24N2S. The number of hydrogen-bond acceptors (Lipinski definition) is 3. The number of benzene rings is 1. The molecule has 2 heterocycles. The third-order valence-electron chi connectivity index (χ3n) is 4.24. The lowest BCUT2D eigenvalue weighted by atomic mass is 10.1. The predicted molar refractivity (Wildman–Crippen MR) is 85.3 cm³/mol. The molecule has 1 fully saturated rings. The van der Waals surface area contributed by atoms with Crippen molar-refractivity contribution >= 4 is 17.4 Å². The van der Waals surface area contributed by atoms with E-state index in [-0.39, 0.29) is 0 Å². The molecule has 0 bridgehead atoms. The number of rotatable bonds is 5. The second kappa shape index (κ2) is 6.67. The van der Waals surface area contributed by atoms with Gasteiger partial charge in [0.05, 0.1) is 0 Å². The summed E-state index contributed by atoms with van der Waals surface area (Å²) in [6, 6.07) is 9.65. The first kappa shape index (κ1) is 13.3. The molecule has 0 saturated carbocycles. The van der Waals surface area contributed by atoms with Crippen LogP contribution in [0.4, 0.5) is 5.69 Å².